The Hall–Kier alpha value is -2.37. The van der Waals surface area contributed by atoms with Gasteiger partial charge in [-0.3, -0.25) is 0 Å². The Morgan fingerprint density at radius 2 is 1.95 bits per heavy atom. The van der Waals surface area contributed by atoms with E-state index in [0.717, 1.165) is 16.9 Å². The van der Waals surface area contributed by atoms with Gasteiger partial charge in [-0.05, 0) is 37.1 Å². The van der Waals surface area contributed by atoms with Crippen LogP contribution in [0, 0.1) is 13.8 Å². The Kier molecular flexibility index (Phi) is 3.97. The summed E-state index contributed by atoms with van der Waals surface area (Å²) >= 11 is 0. The fraction of sp³-hybridized carbons (Fsp3) is 0.400. The minimum absolute atomic E-state index is 0.0738. The Balaban J connectivity index is 2.11. The molecule has 0 amide bonds. The molecule has 0 bridgehead atoms. The number of benzene rings is 1. The maximum atomic E-state index is 8.73. The number of aryl methyl sites for hydroxylation is 2. The molecule has 21 heavy (non-hydrogen) atoms. The van der Waals surface area contributed by atoms with E-state index in [2.05, 4.69) is 5.16 Å². The van der Waals surface area contributed by atoms with Crippen LogP contribution in [0.5, 0.6) is 5.75 Å². The molecule has 3 N–H and O–H groups in total. The average Bonchev–Trinajstić information content (AvgIpc) is 2.76. The summed E-state index contributed by atoms with van der Waals surface area (Å²) in [7, 11) is 0. The van der Waals surface area contributed by atoms with Gasteiger partial charge in [-0.1, -0.05) is 5.16 Å². The third kappa shape index (κ3) is 3.39. The maximum absolute atomic E-state index is 8.73. The predicted molar refractivity (Wildman–Crippen MR) is 78.3 cm³/mol. The molecule has 114 valence electrons. The molecule has 0 saturated heterocycles. The van der Waals surface area contributed by atoms with Crippen LogP contribution in [0.2, 0.25) is 0 Å². The summed E-state index contributed by atoms with van der Waals surface area (Å²) in [6.07, 6.45) is 1.56. The van der Waals surface area contributed by atoms with E-state index in [9.17, 15) is 0 Å². The van der Waals surface area contributed by atoms with Crippen molar-refractivity contribution in [2.24, 2.45) is 10.9 Å². The molecule has 1 aromatic carbocycles. The summed E-state index contributed by atoms with van der Waals surface area (Å²) in [5.74, 6) is 0.821. The Bertz CT molecular complexity index is 583. The number of rotatable bonds is 4. The van der Waals surface area contributed by atoms with E-state index >= 15 is 0 Å². The van der Waals surface area contributed by atoms with Crippen molar-refractivity contribution >= 4 is 5.84 Å². The van der Waals surface area contributed by atoms with Gasteiger partial charge >= 0.3 is 0 Å². The van der Waals surface area contributed by atoms with Crippen molar-refractivity contribution in [1.82, 2.24) is 0 Å². The first kappa shape index (κ1) is 15.0. The number of ether oxygens (including phenoxy) is 3. The van der Waals surface area contributed by atoms with Crippen molar-refractivity contribution in [1.29, 1.82) is 0 Å². The number of amidine groups is 1. The van der Waals surface area contributed by atoms with Crippen LogP contribution < -0.4 is 10.5 Å². The van der Waals surface area contributed by atoms with Crippen molar-refractivity contribution < 1.29 is 19.4 Å². The van der Waals surface area contributed by atoms with Crippen molar-refractivity contribution in [3.05, 3.63) is 40.8 Å². The van der Waals surface area contributed by atoms with Crippen LogP contribution in [0.4, 0.5) is 0 Å². The maximum Gasteiger partial charge on any atom is 0.244 e. The highest BCUT2D eigenvalue weighted by molar-refractivity contribution is 5.97. The fourth-order valence-electron chi connectivity index (χ4n) is 2.16. The lowest BCUT2D eigenvalue weighted by Crippen LogP contribution is -2.21. The molecular weight excluding hydrogens is 272 g/mol. The zero-order valence-electron chi connectivity index (χ0n) is 12.6. The summed E-state index contributed by atoms with van der Waals surface area (Å²) in [6.45, 7) is 7.76. The molecule has 0 saturated carbocycles. The Morgan fingerprint density at radius 1 is 1.33 bits per heavy atom. The molecule has 0 radical (unpaired) electrons. The standard InChI is InChI=1S/C15H20N2O4/c1-9-5-11(14(16)17-18)6-10(2)13(9)19-7-12-8-20-15(3,4)21-12/h5-6,8,18H,7H2,1-4H3,(H2,16,17). The molecular formula is C15H20N2O4. The van der Waals surface area contributed by atoms with Gasteiger partial charge in [0.1, 0.15) is 18.6 Å². The smallest absolute Gasteiger partial charge is 0.244 e. The van der Waals surface area contributed by atoms with Crippen LogP contribution >= 0.6 is 0 Å². The van der Waals surface area contributed by atoms with E-state index in [0.29, 0.717) is 11.3 Å². The molecule has 0 fully saturated rings. The minimum atomic E-state index is -0.640. The minimum Gasteiger partial charge on any atom is -0.485 e. The highest BCUT2D eigenvalue weighted by Crippen LogP contribution is 2.28. The van der Waals surface area contributed by atoms with E-state index < -0.39 is 5.79 Å². The van der Waals surface area contributed by atoms with Crippen LogP contribution in [-0.2, 0) is 9.47 Å². The van der Waals surface area contributed by atoms with Gasteiger partial charge in [0.15, 0.2) is 11.6 Å². The molecule has 0 unspecified atom stereocenters. The molecule has 0 aliphatic carbocycles. The molecule has 6 nitrogen and oxygen atoms in total. The molecule has 1 aromatic rings. The van der Waals surface area contributed by atoms with Gasteiger partial charge in [0, 0.05) is 19.4 Å². The Morgan fingerprint density at radius 3 is 2.43 bits per heavy atom. The third-order valence-corrected chi connectivity index (χ3v) is 3.07. The van der Waals surface area contributed by atoms with Gasteiger partial charge in [0.25, 0.3) is 0 Å². The summed E-state index contributed by atoms with van der Waals surface area (Å²) in [6, 6.07) is 3.61. The normalized spacial score (nSPS) is 17.0. The second-order valence-corrected chi connectivity index (χ2v) is 5.42. The first-order valence-electron chi connectivity index (χ1n) is 6.60. The number of hydrogen-bond donors (Lipinski definition) is 2. The highest BCUT2D eigenvalue weighted by atomic mass is 16.7. The quantitative estimate of drug-likeness (QED) is 0.385. The molecule has 0 atom stereocenters. The van der Waals surface area contributed by atoms with Gasteiger partial charge < -0.3 is 25.2 Å². The summed E-state index contributed by atoms with van der Waals surface area (Å²) in [5.41, 5.74) is 8.05. The average molecular weight is 292 g/mol. The first-order chi connectivity index (χ1) is 9.82. The van der Waals surface area contributed by atoms with Gasteiger partial charge in [-0.2, -0.15) is 0 Å². The molecule has 2 rings (SSSR count). The van der Waals surface area contributed by atoms with Crippen molar-refractivity contribution in [3.63, 3.8) is 0 Å². The van der Waals surface area contributed by atoms with Gasteiger partial charge in [-0.25, -0.2) is 0 Å². The number of nitrogens with two attached hydrogens (primary N) is 1. The van der Waals surface area contributed by atoms with Crippen molar-refractivity contribution in [2.75, 3.05) is 6.61 Å². The van der Waals surface area contributed by atoms with E-state index in [4.69, 9.17) is 25.2 Å². The lowest BCUT2D eigenvalue weighted by Gasteiger charge is -2.19. The van der Waals surface area contributed by atoms with Crippen LogP contribution in [0.3, 0.4) is 0 Å². The number of oxime groups is 1. The van der Waals surface area contributed by atoms with E-state index in [1.54, 1.807) is 6.26 Å². The summed E-state index contributed by atoms with van der Waals surface area (Å²) in [5, 5.41) is 11.7. The lowest BCUT2D eigenvalue weighted by molar-refractivity contribution is -0.119. The monoisotopic (exact) mass is 292 g/mol. The lowest BCUT2D eigenvalue weighted by atomic mass is 10.1. The first-order valence-corrected chi connectivity index (χ1v) is 6.60. The molecule has 6 heteroatoms. The second kappa shape index (κ2) is 5.55. The predicted octanol–water partition coefficient (Wildman–Crippen LogP) is 2.40. The fourth-order valence-corrected chi connectivity index (χ4v) is 2.16. The molecule has 0 aromatic heterocycles. The number of hydrogen-bond acceptors (Lipinski definition) is 5. The topological polar surface area (TPSA) is 86.3 Å². The molecule has 1 aliphatic heterocycles. The zero-order chi connectivity index (χ0) is 15.6. The highest BCUT2D eigenvalue weighted by Gasteiger charge is 2.27. The zero-order valence-corrected chi connectivity index (χ0v) is 12.6. The van der Waals surface area contributed by atoms with E-state index in [1.807, 2.05) is 39.8 Å². The SMILES string of the molecule is Cc1cc(/C(N)=N/O)cc(C)c1OCC1=COC(C)(C)O1. The molecule has 1 aliphatic rings. The van der Waals surface area contributed by atoms with Crippen LogP contribution in [0.1, 0.15) is 30.5 Å². The number of nitrogens with zero attached hydrogens (tertiary/aromatic N) is 1. The Labute approximate surface area is 123 Å². The molecule has 1 heterocycles. The van der Waals surface area contributed by atoms with E-state index in [-0.39, 0.29) is 12.4 Å². The summed E-state index contributed by atoms with van der Waals surface area (Å²) in [4.78, 5) is 0. The van der Waals surface area contributed by atoms with Crippen molar-refractivity contribution in [3.8, 4) is 5.75 Å². The largest absolute Gasteiger partial charge is 0.485 e. The van der Waals surface area contributed by atoms with Crippen molar-refractivity contribution in [2.45, 2.75) is 33.5 Å². The second-order valence-electron chi connectivity index (χ2n) is 5.42. The summed E-state index contributed by atoms with van der Waals surface area (Å²) < 4.78 is 16.7. The van der Waals surface area contributed by atoms with Crippen LogP contribution in [-0.4, -0.2) is 23.4 Å². The molecule has 0 spiro atoms. The third-order valence-electron chi connectivity index (χ3n) is 3.07. The van der Waals surface area contributed by atoms with Crippen LogP contribution in [0.15, 0.2) is 29.3 Å². The van der Waals surface area contributed by atoms with Gasteiger partial charge in [0.2, 0.25) is 5.79 Å². The van der Waals surface area contributed by atoms with Gasteiger partial charge in [-0.15, -0.1) is 0 Å². The van der Waals surface area contributed by atoms with Crippen LogP contribution in [0.25, 0.3) is 0 Å². The van der Waals surface area contributed by atoms with E-state index in [1.165, 1.54) is 0 Å². The van der Waals surface area contributed by atoms with Gasteiger partial charge in [0.05, 0.1) is 0 Å².